The number of carbonyl (C=O) groups excluding carboxylic acids is 3. The van der Waals surface area contributed by atoms with Gasteiger partial charge in [-0.2, -0.15) is 0 Å². The van der Waals surface area contributed by atoms with Crippen molar-refractivity contribution in [2.45, 2.75) is 57.5 Å². The monoisotopic (exact) mass is 402 g/mol. The van der Waals surface area contributed by atoms with Gasteiger partial charge in [0.15, 0.2) is 0 Å². The van der Waals surface area contributed by atoms with Gasteiger partial charge in [-0.3, -0.25) is 24.6 Å². The molecule has 1 saturated heterocycles. The highest BCUT2D eigenvalue weighted by Gasteiger charge is 2.50. The largest absolute Gasteiger partial charge is 0.338 e. The van der Waals surface area contributed by atoms with E-state index in [2.05, 4.69) is 5.32 Å². The Morgan fingerprint density at radius 2 is 1.86 bits per heavy atom. The predicted octanol–water partition coefficient (Wildman–Crippen LogP) is 2.54. The number of likely N-dealkylation sites (N-methyl/N-ethyl adjacent to an activating group) is 1. The quantitative estimate of drug-likeness (QED) is 0.446. The maximum Gasteiger partial charge on any atom is 0.325 e. The van der Waals surface area contributed by atoms with Gasteiger partial charge in [-0.05, 0) is 44.4 Å². The SMILES string of the molecule is CCN(C(=O)CN1C(=O)NC(C)(c2ccc([N+](=O)[O-])cc2)C1=O)C1CCCCC1. The number of hydrogen-bond donors (Lipinski definition) is 1. The molecule has 9 nitrogen and oxygen atoms in total. The lowest BCUT2D eigenvalue weighted by atomic mass is 9.92. The van der Waals surface area contributed by atoms with E-state index in [1.807, 2.05) is 6.92 Å². The zero-order valence-electron chi connectivity index (χ0n) is 16.7. The Morgan fingerprint density at radius 1 is 1.24 bits per heavy atom. The standard InChI is InChI=1S/C20H26N4O5/c1-3-22(15-7-5-4-6-8-15)17(25)13-23-18(26)20(2,21-19(23)27)14-9-11-16(12-10-14)24(28)29/h9-12,15H,3-8,13H2,1-2H3,(H,21,27). The van der Waals surface area contributed by atoms with Crippen LogP contribution in [0.2, 0.25) is 0 Å². The summed E-state index contributed by atoms with van der Waals surface area (Å²) in [5, 5.41) is 13.5. The molecule has 156 valence electrons. The van der Waals surface area contributed by atoms with Crippen molar-refractivity contribution in [3.05, 3.63) is 39.9 Å². The van der Waals surface area contributed by atoms with Crippen LogP contribution in [0.25, 0.3) is 0 Å². The molecule has 9 heteroatoms. The van der Waals surface area contributed by atoms with E-state index in [9.17, 15) is 24.5 Å². The highest BCUT2D eigenvalue weighted by atomic mass is 16.6. The summed E-state index contributed by atoms with van der Waals surface area (Å²) in [6, 6.07) is 4.99. The van der Waals surface area contributed by atoms with Crippen molar-refractivity contribution < 1.29 is 19.3 Å². The number of carbonyl (C=O) groups is 3. The van der Waals surface area contributed by atoms with Gasteiger partial charge in [0, 0.05) is 24.7 Å². The number of nitrogens with zero attached hydrogens (tertiary/aromatic N) is 3. The second-order valence-corrected chi connectivity index (χ2v) is 7.72. The summed E-state index contributed by atoms with van der Waals surface area (Å²) in [7, 11) is 0. The van der Waals surface area contributed by atoms with Gasteiger partial charge in [0.05, 0.1) is 4.92 Å². The summed E-state index contributed by atoms with van der Waals surface area (Å²) in [6.45, 7) is 3.67. The van der Waals surface area contributed by atoms with Gasteiger partial charge in [-0.25, -0.2) is 4.79 Å². The summed E-state index contributed by atoms with van der Waals surface area (Å²) in [4.78, 5) is 51.4. The van der Waals surface area contributed by atoms with Crippen LogP contribution >= 0.6 is 0 Å². The van der Waals surface area contributed by atoms with Gasteiger partial charge in [0.2, 0.25) is 5.91 Å². The molecule has 1 aliphatic heterocycles. The fourth-order valence-electron chi connectivity index (χ4n) is 4.21. The first-order chi connectivity index (χ1) is 13.8. The van der Waals surface area contributed by atoms with E-state index in [1.54, 1.807) is 4.90 Å². The van der Waals surface area contributed by atoms with E-state index in [0.717, 1.165) is 30.6 Å². The van der Waals surface area contributed by atoms with Gasteiger partial charge in [-0.15, -0.1) is 0 Å². The van der Waals surface area contributed by atoms with Crippen LogP contribution in [0.1, 0.15) is 51.5 Å². The number of nitro groups is 1. The molecule has 1 aromatic carbocycles. The maximum absolute atomic E-state index is 13.0. The van der Waals surface area contributed by atoms with E-state index in [-0.39, 0.29) is 24.2 Å². The summed E-state index contributed by atoms with van der Waals surface area (Å²) in [5.74, 6) is -0.778. The molecule has 3 rings (SSSR count). The average Bonchev–Trinajstić information content (AvgIpc) is 2.93. The van der Waals surface area contributed by atoms with Crippen molar-refractivity contribution in [2.75, 3.05) is 13.1 Å². The first-order valence-electron chi connectivity index (χ1n) is 9.96. The number of nitrogens with one attached hydrogen (secondary N) is 1. The van der Waals surface area contributed by atoms with E-state index >= 15 is 0 Å². The number of benzene rings is 1. The van der Waals surface area contributed by atoms with Crippen molar-refractivity contribution >= 4 is 23.5 Å². The van der Waals surface area contributed by atoms with Gasteiger partial charge < -0.3 is 10.2 Å². The van der Waals surface area contributed by atoms with Crippen molar-refractivity contribution in [3.63, 3.8) is 0 Å². The third-order valence-electron chi connectivity index (χ3n) is 5.90. The van der Waals surface area contributed by atoms with Crippen LogP contribution in [-0.2, 0) is 15.1 Å². The van der Waals surface area contributed by atoms with Crippen molar-refractivity contribution in [1.29, 1.82) is 0 Å². The summed E-state index contributed by atoms with van der Waals surface area (Å²) in [6.07, 6.45) is 5.22. The second-order valence-electron chi connectivity index (χ2n) is 7.72. The summed E-state index contributed by atoms with van der Waals surface area (Å²) < 4.78 is 0. The fourth-order valence-corrected chi connectivity index (χ4v) is 4.21. The third-order valence-corrected chi connectivity index (χ3v) is 5.90. The summed E-state index contributed by atoms with van der Waals surface area (Å²) >= 11 is 0. The fraction of sp³-hybridized carbons (Fsp3) is 0.550. The molecule has 2 aliphatic rings. The number of urea groups is 1. The molecule has 0 radical (unpaired) electrons. The molecule has 1 heterocycles. The highest BCUT2D eigenvalue weighted by Crippen LogP contribution is 2.30. The number of hydrogen-bond acceptors (Lipinski definition) is 5. The highest BCUT2D eigenvalue weighted by molar-refractivity contribution is 6.09. The van der Waals surface area contributed by atoms with Gasteiger partial charge >= 0.3 is 6.03 Å². The smallest absolute Gasteiger partial charge is 0.325 e. The predicted molar refractivity (Wildman–Crippen MR) is 105 cm³/mol. The molecule has 1 atom stereocenters. The number of non-ortho nitro benzene ring substituents is 1. The number of rotatable bonds is 6. The zero-order chi connectivity index (χ0) is 21.2. The van der Waals surface area contributed by atoms with Crippen LogP contribution in [-0.4, -0.2) is 51.7 Å². The van der Waals surface area contributed by atoms with Crippen molar-refractivity contribution in [3.8, 4) is 0 Å². The Balaban J connectivity index is 1.75. The van der Waals surface area contributed by atoms with Crippen LogP contribution in [0.5, 0.6) is 0 Å². The minimum Gasteiger partial charge on any atom is -0.338 e. The average molecular weight is 402 g/mol. The zero-order valence-corrected chi connectivity index (χ0v) is 16.7. The molecule has 1 aromatic rings. The van der Waals surface area contributed by atoms with Crippen LogP contribution < -0.4 is 5.32 Å². The van der Waals surface area contributed by atoms with E-state index in [0.29, 0.717) is 12.1 Å². The van der Waals surface area contributed by atoms with Crippen molar-refractivity contribution in [2.24, 2.45) is 0 Å². The molecule has 2 fully saturated rings. The molecule has 0 aromatic heterocycles. The summed E-state index contributed by atoms with van der Waals surface area (Å²) in [5.41, 5.74) is -1.04. The van der Waals surface area contributed by atoms with Crippen LogP contribution in [0.4, 0.5) is 10.5 Å². The van der Waals surface area contributed by atoms with Crippen LogP contribution in [0, 0.1) is 10.1 Å². The Morgan fingerprint density at radius 3 is 2.41 bits per heavy atom. The Hall–Kier alpha value is -2.97. The molecule has 0 spiro atoms. The topological polar surface area (TPSA) is 113 Å². The minimum absolute atomic E-state index is 0.104. The lowest BCUT2D eigenvalue weighted by molar-refractivity contribution is -0.384. The first-order valence-corrected chi connectivity index (χ1v) is 9.96. The van der Waals surface area contributed by atoms with E-state index in [1.165, 1.54) is 37.6 Å². The molecule has 1 N–H and O–H groups in total. The molecular weight excluding hydrogens is 376 g/mol. The Bertz CT molecular complexity index is 819. The van der Waals surface area contributed by atoms with Crippen molar-refractivity contribution in [1.82, 2.24) is 15.1 Å². The van der Waals surface area contributed by atoms with Gasteiger partial charge in [0.25, 0.3) is 11.6 Å². The normalized spacial score (nSPS) is 22.5. The Kier molecular flexibility index (Phi) is 5.86. The van der Waals surface area contributed by atoms with E-state index in [4.69, 9.17) is 0 Å². The first kappa shape index (κ1) is 20.8. The molecule has 1 unspecified atom stereocenters. The number of nitro benzene ring substituents is 1. The lowest BCUT2D eigenvalue weighted by Crippen LogP contribution is -2.48. The number of imide groups is 1. The molecule has 29 heavy (non-hydrogen) atoms. The number of amides is 4. The third kappa shape index (κ3) is 3.94. The molecule has 0 bridgehead atoms. The second kappa shape index (κ2) is 8.18. The van der Waals surface area contributed by atoms with Gasteiger partial charge in [0.1, 0.15) is 12.1 Å². The van der Waals surface area contributed by atoms with E-state index < -0.39 is 22.4 Å². The molecule has 4 amide bonds. The maximum atomic E-state index is 13.0. The minimum atomic E-state index is -1.37. The Labute approximate surface area is 169 Å². The lowest BCUT2D eigenvalue weighted by Gasteiger charge is -2.34. The van der Waals surface area contributed by atoms with Gasteiger partial charge in [-0.1, -0.05) is 19.3 Å². The molecule has 1 aliphatic carbocycles. The molecular formula is C20H26N4O5. The molecule has 1 saturated carbocycles. The van der Waals surface area contributed by atoms with Crippen LogP contribution in [0.15, 0.2) is 24.3 Å². The van der Waals surface area contributed by atoms with Crippen LogP contribution in [0.3, 0.4) is 0 Å².